The number of benzene rings is 2. The predicted molar refractivity (Wildman–Crippen MR) is 142 cm³/mol. The van der Waals surface area contributed by atoms with Crippen molar-refractivity contribution in [3.63, 3.8) is 0 Å². The standard InChI is InChI=1S/C28H34N4O6/c1-27(2,3)37-25(34)29-17-23(19-10-8-7-9-11-19)24(33)31-20-12-14-21(15-13-20)36-22-16-30-32(18-22)26(35)38-28(4,5)6/h7-16,18,23H,17H2,1-6H3,(H,29,34)(H,31,33). The molecule has 202 valence electrons. The third kappa shape index (κ3) is 8.95. The number of amides is 2. The second kappa shape index (κ2) is 11.8. The van der Waals surface area contributed by atoms with Crippen molar-refractivity contribution in [1.29, 1.82) is 0 Å². The van der Waals surface area contributed by atoms with Crippen LogP contribution < -0.4 is 15.4 Å². The van der Waals surface area contributed by atoms with E-state index in [1.165, 1.54) is 12.4 Å². The Hall–Kier alpha value is -4.34. The summed E-state index contributed by atoms with van der Waals surface area (Å²) in [7, 11) is 0. The number of nitrogens with zero attached hydrogens (tertiary/aromatic N) is 2. The van der Waals surface area contributed by atoms with Crippen LogP contribution in [-0.2, 0) is 14.3 Å². The molecule has 2 aromatic carbocycles. The van der Waals surface area contributed by atoms with E-state index in [9.17, 15) is 14.4 Å². The van der Waals surface area contributed by atoms with E-state index in [1.54, 1.807) is 65.8 Å². The van der Waals surface area contributed by atoms with Gasteiger partial charge < -0.3 is 24.8 Å². The van der Waals surface area contributed by atoms with Crippen LogP contribution in [0.5, 0.6) is 11.5 Å². The SMILES string of the molecule is CC(C)(C)OC(=O)NCC(C(=O)Nc1ccc(Oc2cnn(C(=O)OC(C)(C)C)c2)cc1)c1ccccc1. The van der Waals surface area contributed by atoms with Crippen LogP contribution in [0.15, 0.2) is 67.0 Å². The average Bonchev–Trinajstić information content (AvgIpc) is 3.28. The van der Waals surface area contributed by atoms with E-state index in [-0.39, 0.29) is 12.5 Å². The van der Waals surface area contributed by atoms with Gasteiger partial charge in [-0.05, 0) is 71.4 Å². The monoisotopic (exact) mass is 522 g/mol. The zero-order valence-corrected chi connectivity index (χ0v) is 22.5. The molecule has 1 heterocycles. The smallest absolute Gasteiger partial charge is 0.435 e. The van der Waals surface area contributed by atoms with Gasteiger partial charge in [0.15, 0.2) is 5.75 Å². The Kier molecular flexibility index (Phi) is 8.77. The number of carbonyl (C=O) groups is 3. The maximum atomic E-state index is 13.2. The van der Waals surface area contributed by atoms with Gasteiger partial charge in [0.25, 0.3) is 0 Å². The minimum Gasteiger partial charge on any atom is -0.454 e. The second-order valence-electron chi connectivity index (χ2n) is 10.6. The normalized spacial score (nSPS) is 12.3. The van der Waals surface area contributed by atoms with Crippen LogP contribution in [0.3, 0.4) is 0 Å². The third-order valence-electron chi connectivity index (χ3n) is 4.86. The molecule has 3 rings (SSSR count). The topological polar surface area (TPSA) is 121 Å². The molecule has 38 heavy (non-hydrogen) atoms. The Morgan fingerprint density at radius 3 is 2.11 bits per heavy atom. The van der Waals surface area contributed by atoms with Gasteiger partial charge in [0.2, 0.25) is 5.91 Å². The van der Waals surface area contributed by atoms with Crippen molar-refractivity contribution in [3.8, 4) is 11.5 Å². The zero-order chi connectivity index (χ0) is 27.9. The van der Waals surface area contributed by atoms with E-state index in [2.05, 4.69) is 15.7 Å². The van der Waals surface area contributed by atoms with Crippen LogP contribution in [0.4, 0.5) is 15.3 Å². The molecule has 0 radical (unpaired) electrons. The zero-order valence-electron chi connectivity index (χ0n) is 22.5. The summed E-state index contributed by atoms with van der Waals surface area (Å²) < 4.78 is 17.4. The van der Waals surface area contributed by atoms with Gasteiger partial charge in [0.05, 0.1) is 18.3 Å². The van der Waals surface area contributed by atoms with Crippen LogP contribution in [0.1, 0.15) is 53.0 Å². The van der Waals surface area contributed by atoms with Crippen molar-refractivity contribution in [1.82, 2.24) is 15.1 Å². The molecule has 2 amide bonds. The number of rotatable bonds is 7. The van der Waals surface area contributed by atoms with E-state index in [1.807, 2.05) is 30.3 Å². The molecular weight excluding hydrogens is 488 g/mol. The molecule has 1 aromatic heterocycles. The van der Waals surface area contributed by atoms with Gasteiger partial charge in [0.1, 0.15) is 17.0 Å². The first-order chi connectivity index (χ1) is 17.8. The highest BCUT2D eigenvalue weighted by atomic mass is 16.6. The average molecular weight is 523 g/mol. The highest BCUT2D eigenvalue weighted by Gasteiger charge is 2.24. The molecule has 0 saturated heterocycles. The number of aromatic nitrogens is 2. The van der Waals surface area contributed by atoms with E-state index in [0.717, 1.165) is 10.2 Å². The quantitative estimate of drug-likeness (QED) is 0.408. The predicted octanol–water partition coefficient (Wildman–Crippen LogP) is 5.71. The van der Waals surface area contributed by atoms with E-state index >= 15 is 0 Å². The summed E-state index contributed by atoms with van der Waals surface area (Å²) in [6, 6.07) is 15.9. The third-order valence-corrected chi connectivity index (χ3v) is 4.86. The second-order valence-corrected chi connectivity index (χ2v) is 10.6. The molecule has 0 fully saturated rings. The Morgan fingerprint density at radius 1 is 0.868 bits per heavy atom. The number of alkyl carbamates (subject to hydrolysis) is 1. The largest absolute Gasteiger partial charge is 0.454 e. The molecule has 1 unspecified atom stereocenters. The molecule has 0 aliphatic rings. The molecule has 3 aromatic rings. The van der Waals surface area contributed by atoms with Crippen LogP contribution >= 0.6 is 0 Å². The molecule has 1 atom stereocenters. The van der Waals surface area contributed by atoms with Gasteiger partial charge in [-0.15, -0.1) is 0 Å². The summed E-state index contributed by atoms with van der Waals surface area (Å²) in [4.78, 5) is 37.4. The lowest BCUT2D eigenvalue weighted by molar-refractivity contribution is -0.117. The molecule has 10 heteroatoms. The highest BCUT2D eigenvalue weighted by Crippen LogP contribution is 2.24. The van der Waals surface area contributed by atoms with Crippen molar-refractivity contribution in [2.45, 2.75) is 58.7 Å². The summed E-state index contributed by atoms with van der Waals surface area (Å²) >= 11 is 0. The lowest BCUT2D eigenvalue weighted by Gasteiger charge is -2.22. The fourth-order valence-electron chi connectivity index (χ4n) is 3.29. The number of hydrogen-bond donors (Lipinski definition) is 2. The molecule has 10 nitrogen and oxygen atoms in total. The van der Waals surface area contributed by atoms with Crippen LogP contribution in [0.2, 0.25) is 0 Å². The lowest BCUT2D eigenvalue weighted by Crippen LogP contribution is -2.37. The van der Waals surface area contributed by atoms with Crippen molar-refractivity contribution < 1.29 is 28.6 Å². The van der Waals surface area contributed by atoms with E-state index < -0.39 is 29.3 Å². The van der Waals surface area contributed by atoms with Gasteiger partial charge >= 0.3 is 12.2 Å². The Bertz CT molecular complexity index is 1240. The number of nitrogens with one attached hydrogen (secondary N) is 2. The first kappa shape index (κ1) is 28.2. The lowest BCUT2D eigenvalue weighted by atomic mass is 9.98. The number of carbonyl (C=O) groups excluding carboxylic acids is 3. The van der Waals surface area contributed by atoms with Crippen molar-refractivity contribution in [2.75, 3.05) is 11.9 Å². The molecule has 0 aliphatic heterocycles. The summed E-state index contributed by atoms with van der Waals surface area (Å²) in [5, 5.41) is 9.53. The molecular formula is C28H34N4O6. The highest BCUT2D eigenvalue weighted by molar-refractivity contribution is 5.96. The number of anilines is 1. The first-order valence-electron chi connectivity index (χ1n) is 12.2. The fraction of sp³-hybridized carbons (Fsp3) is 0.357. The van der Waals surface area contributed by atoms with Crippen molar-refractivity contribution >= 4 is 23.8 Å². The number of hydrogen-bond acceptors (Lipinski definition) is 7. The van der Waals surface area contributed by atoms with Crippen LogP contribution in [0.25, 0.3) is 0 Å². The van der Waals surface area contributed by atoms with E-state index in [4.69, 9.17) is 14.2 Å². The molecule has 0 bridgehead atoms. The van der Waals surface area contributed by atoms with Gasteiger partial charge in [-0.25, -0.2) is 9.59 Å². The molecule has 2 N–H and O–H groups in total. The Balaban J connectivity index is 1.63. The molecule has 0 saturated carbocycles. The fourth-order valence-corrected chi connectivity index (χ4v) is 3.29. The van der Waals surface area contributed by atoms with Gasteiger partial charge in [-0.3, -0.25) is 4.79 Å². The summed E-state index contributed by atoms with van der Waals surface area (Å²) in [5.41, 5.74) is 0.00985. The van der Waals surface area contributed by atoms with Gasteiger partial charge in [0, 0.05) is 12.2 Å². The van der Waals surface area contributed by atoms with E-state index in [0.29, 0.717) is 17.2 Å². The van der Waals surface area contributed by atoms with Gasteiger partial charge in [-0.1, -0.05) is 30.3 Å². The van der Waals surface area contributed by atoms with Crippen molar-refractivity contribution in [2.24, 2.45) is 0 Å². The Labute approximate surface area is 222 Å². The van der Waals surface area contributed by atoms with Crippen molar-refractivity contribution in [3.05, 3.63) is 72.6 Å². The summed E-state index contributed by atoms with van der Waals surface area (Å²) in [5.74, 6) is -0.0964. The maximum Gasteiger partial charge on any atom is 0.435 e. The molecule has 0 spiro atoms. The summed E-state index contributed by atoms with van der Waals surface area (Å²) in [6.45, 7) is 10.7. The minimum atomic E-state index is -0.646. The van der Waals surface area contributed by atoms with Crippen LogP contribution in [0, 0.1) is 0 Å². The van der Waals surface area contributed by atoms with Crippen LogP contribution in [-0.4, -0.2) is 45.6 Å². The Morgan fingerprint density at radius 2 is 1.50 bits per heavy atom. The number of ether oxygens (including phenoxy) is 3. The summed E-state index contributed by atoms with van der Waals surface area (Å²) in [6.07, 6.45) is 1.62. The first-order valence-corrected chi connectivity index (χ1v) is 12.2. The minimum absolute atomic E-state index is 0.0631. The molecule has 0 aliphatic carbocycles. The van der Waals surface area contributed by atoms with Gasteiger partial charge in [-0.2, -0.15) is 9.78 Å². The maximum absolute atomic E-state index is 13.2.